The summed E-state index contributed by atoms with van der Waals surface area (Å²) in [6.45, 7) is 4.05. The first-order valence-corrected chi connectivity index (χ1v) is 10.6. The minimum absolute atomic E-state index is 0.494. The molecule has 2 aliphatic heterocycles. The molecule has 7 nitrogen and oxygen atoms in total. The van der Waals surface area contributed by atoms with Crippen molar-refractivity contribution in [2.24, 2.45) is 0 Å². The maximum Gasteiger partial charge on any atom is 0.157 e. The van der Waals surface area contributed by atoms with E-state index in [9.17, 15) is 0 Å². The number of benzene rings is 1. The molecule has 1 N–H and O–H groups in total. The zero-order chi connectivity index (χ0) is 19.2. The molecule has 2 aliphatic rings. The lowest BCUT2D eigenvalue weighted by molar-refractivity contribution is 0.401. The number of piperidine rings is 1. The average Bonchev–Trinajstić information content (AvgIpc) is 3.33. The molecule has 0 amide bonds. The molecule has 3 aromatic heterocycles. The summed E-state index contributed by atoms with van der Waals surface area (Å²) in [5, 5.41) is 8.13. The molecule has 6 rings (SSSR count). The van der Waals surface area contributed by atoms with E-state index in [2.05, 4.69) is 53.6 Å². The van der Waals surface area contributed by atoms with E-state index in [1.807, 2.05) is 18.6 Å². The van der Waals surface area contributed by atoms with Gasteiger partial charge in [-0.15, -0.1) is 0 Å². The highest BCUT2D eigenvalue weighted by molar-refractivity contribution is 5.75. The number of aromatic nitrogens is 5. The minimum Gasteiger partial charge on any atom is -0.356 e. The smallest absolute Gasteiger partial charge is 0.157 e. The first kappa shape index (κ1) is 17.0. The fraction of sp³-hybridized carbons (Fsp3) is 0.409. The fourth-order valence-corrected chi connectivity index (χ4v) is 4.96. The van der Waals surface area contributed by atoms with Gasteiger partial charge in [0.1, 0.15) is 5.82 Å². The first-order chi connectivity index (χ1) is 14.4. The Morgan fingerprint density at radius 2 is 1.86 bits per heavy atom. The van der Waals surface area contributed by atoms with Crippen LogP contribution in [0.3, 0.4) is 0 Å². The number of rotatable bonds is 2. The lowest BCUT2D eigenvalue weighted by atomic mass is 10.0. The third-order valence-electron chi connectivity index (χ3n) is 6.42. The van der Waals surface area contributed by atoms with Crippen molar-refractivity contribution in [2.75, 3.05) is 31.1 Å². The Labute approximate surface area is 169 Å². The van der Waals surface area contributed by atoms with Crippen LogP contribution in [0.2, 0.25) is 0 Å². The highest BCUT2D eigenvalue weighted by Gasteiger charge is 2.27. The maximum absolute atomic E-state index is 4.90. The van der Waals surface area contributed by atoms with Gasteiger partial charge in [0, 0.05) is 43.7 Å². The molecule has 0 bridgehead atoms. The Kier molecular flexibility index (Phi) is 4.01. The van der Waals surface area contributed by atoms with Crippen LogP contribution < -0.4 is 10.2 Å². The molecule has 4 aromatic rings. The molecule has 0 aliphatic carbocycles. The van der Waals surface area contributed by atoms with E-state index in [1.165, 1.54) is 22.6 Å². The van der Waals surface area contributed by atoms with E-state index >= 15 is 0 Å². The Balaban J connectivity index is 1.33. The van der Waals surface area contributed by atoms with Gasteiger partial charge in [-0.25, -0.2) is 9.97 Å². The summed E-state index contributed by atoms with van der Waals surface area (Å²) < 4.78 is 4.42. The molecule has 0 saturated carbocycles. The summed E-state index contributed by atoms with van der Waals surface area (Å²) in [5.41, 5.74) is 5.89. The molecule has 1 fully saturated rings. The predicted molar refractivity (Wildman–Crippen MR) is 113 cm³/mol. The molecule has 5 heterocycles. The van der Waals surface area contributed by atoms with Crippen LogP contribution in [0.5, 0.6) is 0 Å². The molecular formula is C22H25N7. The lowest BCUT2D eigenvalue weighted by Gasteiger charge is -2.35. The van der Waals surface area contributed by atoms with Gasteiger partial charge in [0.2, 0.25) is 0 Å². The molecule has 0 radical (unpaired) electrons. The molecule has 148 valence electrons. The van der Waals surface area contributed by atoms with Crippen molar-refractivity contribution in [3.63, 3.8) is 0 Å². The number of imidazole rings is 1. The van der Waals surface area contributed by atoms with E-state index < -0.39 is 0 Å². The van der Waals surface area contributed by atoms with Gasteiger partial charge in [0.15, 0.2) is 5.65 Å². The number of para-hydroxylation sites is 2. The van der Waals surface area contributed by atoms with Crippen molar-refractivity contribution < 1.29 is 0 Å². The largest absolute Gasteiger partial charge is 0.356 e. The van der Waals surface area contributed by atoms with Gasteiger partial charge in [-0.1, -0.05) is 12.1 Å². The molecule has 1 aromatic carbocycles. The summed E-state index contributed by atoms with van der Waals surface area (Å²) in [6, 6.07) is 10.9. The Morgan fingerprint density at radius 1 is 1.00 bits per heavy atom. The van der Waals surface area contributed by atoms with Gasteiger partial charge in [-0.05, 0) is 37.9 Å². The summed E-state index contributed by atoms with van der Waals surface area (Å²) in [5.74, 6) is 1.26. The van der Waals surface area contributed by atoms with Gasteiger partial charge in [-0.2, -0.15) is 9.61 Å². The topological polar surface area (TPSA) is 63.3 Å². The van der Waals surface area contributed by atoms with Gasteiger partial charge in [-0.3, -0.25) is 0 Å². The summed E-state index contributed by atoms with van der Waals surface area (Å²) in [7, 11) is 0. The molecule has 0 atom stereocenters. The molecule has 7 heteroatoms. The number of fused-ring (bicyclic) bond motifs is 3. The zero-order valence-electron chi connectivity index (χ0n) is 16.5. The summed E-state index contributed by atoms with van der Waals surface area (Å²) in [6.07, 6.45) is 8.10. The monoisotopic (exact) mass is 387 g/mol. The van der Waals surface area contributed by atoms with Crippen LogP contribution in [0.15, 0.2) is 42.9 Å². The highest BCUT2D eigenvalue weighted by atomic mass is 15.4. The number of hydrogen-bond donors (Lipinski definition) is 1. The minimum atomic E-state index is 0.494. The zero-order valence-corrected chi connectivity index (χ0v) is 16.5. The van der Waals surface area contributed by atoms with E-state index in [-0.39, 0.29) is 0 Å². The van der Waals surface area contributed by atoms with Crippen LogP contribution in [0.4, 0.5) is 5.82 Å². The third kappa shape index (κ3) is 2.80. The second-order valence-corrected chi connectivity index (χ2v) is 8.07. The quantitative estimate of drug-likeness (QED) is 0.573. The predicted octanol–water partition coefficient (Wildman–Crippen LogP) is 2.61. The normalized spacial score (nSPS) is 18.3. The highest BCUT2D eigenvalue weighted by Crippen LogP contribution is 2.32. The van der Waals surface area contributed by atoms with Crippen molar-refractivity contribution in [1.29, 1.82) is 0 Å². The molecule has 29 heavy (non-hydrogen) atoms. The van der Waals surface area contributed by atoms with Gasteiger partial charge in [0.05, 0.1) is 29.3 Å². The van der Waals surface area contributed by atoms with Crippen molar-refractivity contribution in [2.45, 2.75) is 31.7 Å². The SMILES string of the molecule is c1ccc2c(c1)ncn2C1CCN(c2c3c(nc4ccnn24)CCNCC3)CC1. The van der Waals surface area contributed by atoms with Crippen LogP contribution in [0.25, 0.3) is 16.7 Å². The molecular weight excluding hydrogens is 362 g/mol. The van der Waals surface area contributed by atoms with Crippen LogP contribution in [0.1, 0.15) is 30.1 Å². The number of anilines is 1. The van der Waals surface area contributed by atoms with E-state index in [0.717, 1.165) is 63.0 Å². The molecule has 1 saturated heterocycles. The van der Waals surface area contributed by atoms with Crippen molar-refractivity contribution in [3.8, 4) is 0 Å². The van der Waals surface area contributed by atoms with Gasteiger partial charge in [0.25, 0.3) is 0 Å². The van der Waals surface area contributed by atoms with Crippen molar-refractivity contribution >= 4 is 22.5 Å². The second-order valence-electron chi connectivity index (χ2n) is 8.07. The van der Waals surface area contributed by atoms with Crippen molar-refractivity contribution in [3.05, 3.63) is 54.1 Å². The Morgan fingerprint density at radius 3 is 2.79 bits per heavy atom. The molecule has 0 spiro atoms. The maximum atomic E-state index is 4.90. The second kappa shape index (κ2) is 6.84. The number of hydrogen-bond acceptors (Lipinski definition) is 5. The first-order valence-electron chi connectivity index (χ1n) is 10.6. The van der Waals surface area contributed by atoms with Crippen LogP contribution >= 0.6 is 0 Å². The van der Waals surface area contributed by atoms with E-state index in [0.29, 0.717) is 6.04 Å². The fourth-order valence-electron chi connectivity index (χ4n) is 4.96. The van der Waals surface area contributed by atoms with Gasteiger partial charge < -0.3 is 14.8 Å². The lowest BCUT2D eigenvalue weighted by Crippen LogP contribution is -2.37. The van der Waals surface area contributed by atoms with Crippen LogP contribution in [-0.4, -0.2) is 50.3 Å². The standard InChI is InChI=1S/C22H25N7/c1-2-4-20-19(3-1)24-15-28(20)16-8-13-27(14-9-16)22-17-5-10-23-11-6-18(17)26-21-7-12-25-29(21)22/h1-4,7,12,15-16,23H,5-6,8-11,13-14H2. The van der Waals surface area contributed by atoms with Crippen LogP contribution in [-0.2, 0) is 12.8 Å². The molecule has 0 unspecified atom stereocenters. The third-order valence-corrected chi connectivity index (χ3v) is 6.42. The van der Waals surface area contributed by atoms with E-state index in [1.54, 1.807) is 0 Å². The van der Waals surface area contributed by atoms with Crippen LogP contribution in [0, 0.1) is 0 Å². The number of nitrogens with one attached hydrogen (secondary N) is 1. The van der Waals surface area contributed by atoms with Crippen molar-refractivity contribution in [1.82, 2.24) is 29.5 Å². The Bertz CT molecular complexity index is 1170. The summed E-state index contributed by atoms with van der Waals surface area (Å²) >= 11 is 0. The Hall–Kier alpha value is -2.93. The van der Waals surface area contributed by atoms with E-state index in [4.69, 9.17) is 4.98 Å². The average molecular weight is 387 g/mol. The van der Waals surface area contributed by atoms with Gasteiger partial charge >= 0.3 is 0 Å². The number of nitrogens with zero attached hydrogens (tertiary/aromatic N) is 6. The summed E-state index contributed by atoms with van der Waals surface area (Å²) in [4.78, 5) is 12.0.